The van der Waals surface area contributed by atoms with Crippen LogP contribution in [0.3, 0.4) is 0 Å². The van der Waals surface area contributed by atoms with Gasteiger partial charge in [0.05, 0.1) is 4.92 Å². The monoisotopic (exact) mass is 355 g/mol. The van der Waals surface area contributed by atoms with Crippen molar-refractivity contribution in [3.63, 3.8) is 0 Å². The van der Waals surface area contributed by atoms with Gasteiger partial charge in [0, 0.05) is 21.5 Å². The number of ether oxygens (including phenoxy) is 1. The van der Waals surface area contributed by atoms with E-state index in [1.807, 2.05) is 0 Å². The molecule has 1 heterocycles. The summed E-state index contributed by atoms with van der Waals surface area (Å²) >= 11 is 3.22. The van der Waals surface area contributed by atoms with Crippen molar-refractivity contribution in [1.82, 2.24) is 0 Å². The number of nitrogens with zero attached hydrogens (tertiary/aromatic N) is 1. The average Bonchev–Trinajstić information content (AvgIpc) is 2.64. The summed E-state index contributed by atoms with van der Waals surface area (Å²) in [6.45, 7) is 6.88. The number of nitro benzene ring substituents is 1. The molecule has 0 amide bonds. The van der Waals surface area contributed by atoms with E-state index >= 15 is 0 Å². The SMILES string of the molecule is Cc1c(C(=O)OC(C)(C)C)oc2c([N+](=O)[O-])cc(Br)cc12. The molecule has 2 aromatic rings. The highest BCUT2D eigenvalue weighted by atomic mass is 79.9. The van der Waals surface area contributed by atoms with Gasteiger partial charge in [-0.2, -0.15) is 0 Å². The first-order valence-corrected chi connectivity index (χ1v) is 7.00. The number of rotatable bonds is 2. The van der Waals surface area contributed by atoms with E-state index in [2.05, 4.69) is 15.9 Å². The van der Waals surface area contributed by atoms with Crippen molar-refractivity contribution in [2.75, 3.05) is 0 Å². The van der Waals surface area contributed by atoms with Crippen molar-refractivity contribution in [3.8, 4) is 0 Å². The van der Waals surface area contributed by atoms with E-state index in [-0.39, 0.29) is 17.0 Å². The lowest BCUT2D eigenvalue weighted by Crippen LogP contribution is -2.23. The molecule has 0 radical (unpaired) electrons. The molecule has 1 aromatic heterocycles. The quantitative estimate of drug-likeness (QED) is 0.453. The highest BCUT2D eigenvalue weighted by molar-refractivity contribution is 9.10. The van der Waals surface area contributed by atoms with Gasteiger partial charge in [0.2, 0.25) is 11.3 Å². The van der Waals surface area contributed by atoms with Gasteiger partial charge < -0.3 is 9.15 Å². The number of halogens is 1. The van der Waals surface area contributed by atoms with Crippen LogP contribution in [0.15, 0.2) is 21.0 Å². The molecule has 1 aromatic carbocycles. The largest absolute Gasteiger partial charge is 0.454 e. The van der Waals surface area contributed by atoms with E-state index in [4.69, 9.17) is 9.15 Å². The second-order valence-corrected chi connectivity index (χ2v) is 6.53. The van der Waals surface area contributed by atoms with Gasteiger partial charge >= 0.3 is 11.7 Å². The molecule has 21 heavy (non-hydrogen) atoms. The summed E-state index contributed by atoms with van der Waals surface area (Å²) in [6.07, 6.45) is 0. The lowest BCUT2D eigenvalue weighted by Gasteiger charge is -2.18. The second-order valence-electron chi connectivity index (χ2n) is 5.62. The Kier molecular flexibility index (Phi) is 3.79. The minimum absolute atomic E-state index is 0.0128. The lowest BCUT2D eigenvalue weighted by molar-refractivity contribution is -0.383. The van der Waals surface area contributed by atoms with Gasteiger partial charge in [-0.05, 0) is 33.8 Å². The van der Waals surface area contributed by atoms with Gasteiger partial charge in [-0.15, -0.1) is 0 Å². The summed E-state index contributed by atoms with van der Waals surface area (Å²) in [5.74, 6) is -0.650. The molecular formula is C14H14BrNO5. The molecule has 2 rings (SSSR count). The maximum Gasteiger partial charge on any atom is 0.375 e. The zero-order valence-electron chi connectivity index (χ0n) is 12.0. The Labute approximate surface area is 129 Å². The van der Waals surface area contributed by atoms with Crippen molar-refractivity contribution in [2.45, 2.75) is 33.3 Å². The second kappa shape index (κ2) is 5.14. The van der Waals surface area contributed by atoms with E-state index in [0.29, 0.717) is 15.4 Å². The third kappa shape index (κ3) is 3.07. The maximum atomic E-state index is 12.1. The van der Waals surface area contributed by atoms with Gasteiger partial charge in [0.15, 0.2) is 0 Å². The van der Waals surface area contributed by atoms with Crippen LogP contribution in [-0.4, -0.2) is 16.5 Å². The molecule has 0 unspecified atom stereocenters. The number of hydrogen-bond acceptors (Lipinski definition) is 5. The summed E-state index contributed by atoms with van der Waals surface area (Å²) in [5, 5.41) is 11.6. The average molecular weight is 356 g/mol. The van der Waals surface area contributed by atoms with Crippen molar-refractivity contribution >= 4 is 38.6 Å². The van der Waals surface area contributed by atoms with Crippen LogP contribution < -0.4 is 0 Å². The smallest absolute Gasteiger partial charge is 0.375 e. The van der Waals surface area contributed by atoms with Crippen LogP contribution >= 0.6 is 15.9 Å². The third-order valence-electron chi connectivity index (χ3n) is 2.76. The topological polar surface area (TPSA) is 82.6 Å². The van der Waals surface area contributed by atoms with Gasteiger partial charge in [-0.25, -0.2) is 4.79 Å². The summed E-state index contributed by atoms with van der Waals surface area (Å²) in [5.41, 5.74) is -0.280. The van der Waals surface area contributed by atoms with Crippen molar-refractivity contribution in [3.05, 3.63) is 38.0 Å². The van der Waals surface area contributed by atoms with E-state index in [1.54, 1.807) is 33.8 Å². The van der Waals surface area contributed by atoms with Crippen LogP contribution in [0.4, 0.5) is 5.69 Å². The molecular weight excluding hydrogens is 342 g/mol. The number of furan rings is 1. The predicted molar refractivity (Wildman–Crippen MR) is 80.5 cm³/mol. The number of benzene rings is 1. The Morgan fingerprint density at radius 3 is 2.52 bits per heavy atom. The minimum atomic E-state index is -0.672. The molecule has 0 spiro atoms. The van der Waals surface area contributed by atoms with Crippen LogP contribution in [0, 0.1) is 17.0 Å². The molecule has 7 heteroatoms. The van der Waals surface area contributed by atoms with E-state index < -0.39 is 16.5 Å². The van der Waals surface area contributed by atoms with E-state index in [9.17, 15) is 14.9 Å². The van der Waals surface area contributed by atoms with Gasteiger partial charge in [-0.3, -0.25) is 10.1 Å². The molecule has 0 aliphatic carbocycles. The molecule has 0 aliphatic heterocycles. The van der Waals surface area contributed by atoms with E-state index in [0.717, 1.165) is 0 Å². The van der Waals surface area contributed by atoms with Crippen molar-refractivity contribution in [1.29, 1.82) is 0 Å². The van der Waals surface area contributed by atoms with Gasteiger partial charge in [-0.1, -0.05) is 15.9 Å². The zero-order chi connectivity index (χ0) is 15.9. The normalized spacial score (nSPS) is 11.7. The molecule has 0 saturated heterocycles. The first kappa shape index (κ1) is 15.5. The third-order valence-corrected chi connectivity index (χ3v) is 3.22. The maximum absolute atomic E-state index is 12.1. The summed E-state index contributed by atoms with van der Waals surface area (Å²) < 4.78 is 11.2. The van der Waals surface area contributed by atoms with Crippen LogP contribution in [0.25, 0.3) is 11.0 Å². The Morgan fingerprint density at radius 1 is 1.38 bits per heavy atom. The highest BCUT2D eigenvalue weighted by Gasteiger charge is 2.27. The fraction of sp³-hybridized carbons (Fsp3) is 0.357. The summed E-state index contributed by atoms with van der Waals surface area (Å²) in [7, 11) is 0. The number of fused-ring (bicyclic) bond motifs is 1. The van der Waals surface area contributed by atoms with Crippen molar-refractivity contribution < 1.29 is 18.9 Å². The molecule has 0 atom stereocenters. The fourth-order valence-corrected chi connectivity index (χ4v) is 2.37. The molecule has 0 saturated carbocycles. The van der Waals surface area contributed by atoms with E-state index in [1.165, 1.54) is 6.07 Å². The molecule has 0 fully saturated rings. The molecule has 0 N–H and O–H groups in total. The predicted octanol–water partition coefficient (Wildman–Crippen LogP) is 4.37. The van der Waals surface area contributed by atoms with Gasteiger partial charge in [0.1, 0.15) is 5.60 Å². The van der Waals surface area contributed by atoms with Gasteiger partial charge in [0.25, 0.3) is 0 Å². The number of esters is 1. The number of carbonyl (C=O) groups is 1. The Balaban J connectivity index is 2.63. The number of non-ortho nitro benzene ring substituents is 1. The molecule has 0 bridgehead atoms. The zero-order valence-corrected chi connectivity index (χ0v) is 13.6. The number of aryl methyl sites for hydroxylation is 1. The minimum Gasteiger partial charge on any atom is -0.454 e. The van der Waals surface area contributed by atoms with Crippen molar-refractivity contribution in [2.24, 2.45) is 0 Å². The summed E-state index contributed by atoms with van der Waals surface area (Å²) in [4.78, 5) is 22.7. The first-order chi connectivity index (χ1) is 9.60. The van der Waals surface area contributed by atoms with Crippen LogP contribution in [0.5, 0.6) is 0 Å². The number of nitro groups is 1. The van der Waals surface area contributed by atoms with Crippen LogP contribution in [0.1, 0.15) is 36.9 Å². The molecule has 112 valence electrons. The fourth-order valence-electron chi connectivity index (χ4n) is 1.92. The Hall–Kier alpha value is -1.89. The number of carbonyl (C=O) groups excluding carboxylic acids is 1. The Bertz CT molecular complexity index is 742. The summed E-state index contributed by atoms with van der Waals surface area (Å²) in [6, 6.07) is 3.01. The Morgan fingerprint density at radius 2 is 2.00 bits per heavy atom. The first-order valence-electron chi connectivity index (χ1n) is 6.20. The van der Waals surface area contributed by atoms with Crippen LogP contribution in [-0.2, 0) is 4.74 Å². The highest BCUT2D eigenvalue weighted by Crippen LogP contribution is 2.35. The van der Waals surface area contributed by atoms with Crippen LogP contribution in [0.2, 0.25) is 0 Å². The number of hydrogen-bond donors (Lipinski definition) is 0. The standard InChI is InChI=1S/C14H14BrNO5/c1-7-9-5-8(15)6-10(16(18)19)12(9)20-11(7)13(17)21-14(2,3)4/h5-6H,1-4H3. The molecule has 0 aliphatic rings. The molecule has 6 nitrogen and oxygen atoms in total. The lowest BCUT2D eigenvalue weighted by atomic mass is 10.1.